The van der Waals surface area contributed by atoms with E-state index in [2.05, 4.69) is 11.4 Å². The van der Waals surface area contributed by atoms with Gasteiger partial charge in [0, 0.05) is 13.3 Å². The van der Waals surface area contributed by atoms with Gasteiger partial charge >= 0.3 is 19.8 Å². The van der Waals surface area contributed by atoms with Crippen LogP contribution in [0.1, 0.15) is 71.6 Å². The Balaban J connectivity index is 3.86. The van der Waals surface area contributed by atoms with E-state index in [0.29, 0.717) is 0 Å². The van der Waals surface area contributed by atoms with Gasteiger partial charge in [-0.1, -0.05) is 51.9 Å². The molecule has 0 aliphatic carbocycles. The second kappa shape index (κ2) is 14.2. The number of rotatable bonds is 15. The van der Waals surface area contributed by atoms with E-state index in [0.717, 1.165) is 26.2 Å². The molecule has 0 rings (SSSR count). The Bertz CT molecular complexity index is 420. The Kier molecular flexibility index (Phi) is 13.7. The molecule has 25 heavy (non-hydrogen) atoms. The highest BCUT2D eigenvalue weighted by Crippen LogP contribution is 2.35. The molecule has 0 spiro atoms. The molecule has 9 heteroatoms. The summed E-state index contributed by atoms with van der Waals surface area (Å²) in [5.41, 5.74) is 0. The molecule has 0 heterocycles. The van der Waals surface area contributed by atoms with Crippen molar-refractivity contribution in [2.45, 2.75) is 77.7 Å². The van der Waals surface area contributed by atoms with Crippen LogP contribution in [-0.4, -0.2) is 41.0 Å². The topological polar surface area (TPSA) is 119 Å². The third-order valence-electron chi connectivity index (χ3n) is 3.43. The van der Waals surface area contributed by atoms with Crippen LogP contribution in [0.4, 0.5) is 0 Å². The van der Waals surface area contributed by atoms with Crippen molar-refractivity contribution in [2.24, 2.45) is 0 Å². The Morgan fingerprint density at radius 1 is 0.960 bits per heavy atom. The van der Waals surface area contributed by atoms with Crippen LogP contribution in [0.3, 0.4) is 0 Å². The van der Waals surface area contributed by atoms with Crippen molar-refractivity contribution >= 4 is 19.8 Å². The van der Waals surface area contributed by atoms with Crippen LogP contribution in [0.5, 0.6) is 0 Å². The van der Waals surface area contributed by atoms with Crippen LogP contribution in [-0.2, 0) is 28.2 Å². The maximum absolute atomic E-state index is 11.7. The van der Waals surface area contributed by atoms with Gasteiger partial charge in [0.1, 0.15) is 6.61 Å². The van der Waals surface area contributed by atoms with Gasteiger partial charge in [0.15, 0.2) is 6.10 Å². The van der Waals surface area contributed by atoms with Crippen molar-refractivity contribution < 1.29 is 37.9 Å². The lowest BCUT2D eigenvalue weighted by Crippen LogP contribution is -2.28. The molecule has 0 saturated heterocycles. The Labute approximate surface area is 149 Å². The van der Waals surface area contributed by atoms with E-state index in [1.54, 1.807) is 0 Å². The minimum Gasteiger partial charge on any atom is -0.462 e. The molecule has 148 valence electrons. The lowest BCUT2D eigenvalue weighted by atomic mass is 10.1. The molecule has 0 saturated carbocycles. The highest BCUT2D eigenvalue weighted by molar-refractivity contribution is 7.46. The van der Waals surface area contributed by atoms with Gasteiger partial charge in [0.2, 0.25) is 0 Å². The zero-order valence-corrected chi connectivity index (χ0v) is 16.0. The lowest BCUT2D eigenvalue weighted by Gasteiger charge is -2.17. The summed E-state index contributed by atoms with van der Waals surface area (Å²) in [7, 11) is -4.68. The number of hydrogen-bond acceptors (Lipinski definition) is 6. The van der Waals surface area contributed by atoms with Crippen LogP contribution >= 0.6 is 7.82 Å². The maximum atomic E-state index is 11.7. The number of hydrogen-bond donors (Lipinski definition) is 2. The number of carbonyl (C=O) groups is 2. The highest BCUT2D eigenvalue weighted by atomic mass is 31.2. The number of ether oxygens (including phenoxy) is 2. The first-order valence-electron chi connectivity index (χ1n) is 8.77. The molecule has 0 amide bonds. The van der Waals surface area contributed by atoms with Gasteiger partial charge < -0.3 is 19.3 Å². The quantitative estimate of drug-likeness (QED) is 0.252. The molecule has 0 unspecified atom stereocenters. The standard InChI is InChI=1S/C16H31O8P/c1-3-4-5-6-7-8-9-10-11-16(18)22-12-15(24-14(2)17)13-23-25(19,20)21/h15H,3-13H2,1-2H3,(H2,19,20,21)/t15-/m1/s1. The summed E-state index contributed by atoms with van der Waals surface area (Å²) in [5, 5.41) is 0. The third kappa shape index (κ3) is 17.7. The summed E-state index contributed by atoms with van der Waals surface area (Å²) < 4.78 is 24.7. The van der Waals surface area contributed by atoms with E-state index in [4.69, 9.17) is 19.3 Å². The third-order valence-corrected chi connectivity index (χ3v) is 3.91. The number of unbranched alkanes of at least 4 members (excludes halogenated alkanes) is 7. The molecule has 1 atom stereocenters. The first-order chi connectivity index (χ1) is 11.7. The summed E-state index contributed by atoms with van der Waals surface area (Å²) in [6.45, 7) is 2.48. The van der Waals surface area contributed by atoms with E-state index in [1.165, 1.54) is 32.1 Å². The molecular weight excluding hydrogens is 351 g/mol. The second-order valence-electron chi connectivity index (χ2n) is 5.93. The minimum absolute atomic E-state index is 0.265. The van der Waals surface area contributed by atoms with Crippen LogP contribution < -0.4 is 0 Å². The molecule has 0 aromatic heterocycles. The number of phosphoric acid groups is 1. The van der Waals surface area contributed by atoms with Crippen molar-refractivity contribution in [3.8, 4) is 0 Å². The SMILES string of the molecule is CCCCCCCCCCC(=O)OC[C@H](COP(=O)(O)O)OC(C)=O. The smallest absolute Gasteiger partial charge is 0.462 e. The van der Waals surface area contributed by atoms with Crippen LogP contribution in [0, 0.1) is 0 Å². The fourth-order valence-electron chi connectivity index (χ4n) is 2.19. The first kappa shape index (κ1) is 24.1. The van der Waals surface area contributed by atoms with Gasteiger partial charge in [-0.05, 0) is 6.42 Å². The van der Waals surface area contributed by atoms with Gasteiger partial charge in [0.05, 0.1) is 6.61 Å². The first-order valence-corrected chi connectivity index (χ1v) is 10.3. The average Bonchev–Trinajstić information content (AvgIpc) is 2.51. The molecule has 0 radical (unpaired) electrons. The Hall–Kier alpha value is -0.950. The molecule has 0 aromatic rings. The van der Waals surface area contributed by atoms with Crippen molar-refractivity contribution in [3.05, 3.63) is 0 Å². The summed E-state index contributed by atoms with van der Waals surface area (Å²) >= 11 is 0. The van der Waals surface area contributed by atoms with Crippen molar-refractivity contribution in [1.29, 1.82) is 0 Å². The van der Waals surface area contributed by atoms with E-state index in [-0.39, 0.29) is 13.0 Å². The predicted octanol–water partition coefficient (Wildman–Crippen LogP) is 3.10. The Morgan fingerprint density at radius 3 is 2.04 bits per heavy atom. The molecule has 0 bridgehead atoms. The van der Waals surface area contributed by atoms with E-state index in [9.17, 15) is 14.2 Å². The van der Waals surface area contributed by atoms with Crippen LogP contribution in [0.2, 0.25) is 0 Å². The van der Waals surface area contributed by atoms with Crippen molar-refractivity contribution in [1.82, 2.24) is 0 Å². The van der Waals surface area contributed by atoms with Gasteiger partial charge in [-0.15, -0.1) is 0 Å². The van der Waals surface area contributed by atoms with E-state index >= 15 is 0 Å². The molecule has 0 aliphatic heterocycles. The fourth-order valence-corrected chi connectivity index (χ4v) is 2.55. The predicted molar refractivity (Wildman–Crippen MR) is 91.7 cm³/mol. The molecule has 0 fully saturated rings. The van der Waals surface area contributed by atoms with Gasteiger partial charge in [-0.2, -0.15) is 0 Å². The molecular formula is C16H31O8P. The zero-order chi connectivity index (χ0) is 19.1. The van der Waals surface area contributed by atoms with Crippen molar-refractivity contribution in [3.63, 3.8) is 0 Å². The lowest BCUT2D eigenvalue weighted by molar-refractivity contribution is -0.159. The average molecular weight is 382 g/mol. The monoisotopic (exact) mass is 382 g/mol. The number of phosphoric ester groups is 1. The largest absolute Gasteiger partial charge is 0.469 e. The van der Waals surface area contributed by atoms with Gasteiger partial charge in [0.25, 0.3) is 0 Å². The molecule has 8 nitrogen and oxygen atoms in total. The normalized spacial score (nSPS) is 12.6. The van der Waals surface area contributed by atoms with Gasteiger partial charge in [-0.3, -0.25) is 14.1 Å². The highest BCUT2D eigenvalue weighted by Gasteiger charge is 2.21. The minimum atomic E-state index is -4.68. The summed E-state index contributed by atoms with van der Waals surface area (Å²) in [5.74, 6) is -1.09. The second-order valence-corrected chi connectivity index (χ2v) is 7.17. The summed E-state index contributed by atoms with van der Waals surface area (Å²) in [6.07, 6.45) is 8.12. The Morgan fingerprint density at radius 2 is 1.52 bits per heavy atom. The van der Waals surface area contributed by atoms with Crippen LogP contribution in [0.15, 0.2) is 0 Å². The van der Waals surface area contributed by atoms with E-state index < -0.39 is 32.5 Å². The number of esters is 2. The molecule has 0 aliphatic rings. The van der Waals surface area contributed by atoms with Crippen LogP contribution in [0.25, 0.3) is 0 Å². The molecule has 0 aromatic carbocycles. The van der Waals surface area contributed by atoms with E-state index in [1.807, 2.05) is 0 Å². The maximum Gasteiger partial charge on any atom is 0.469 e. The summed E-state index contributed by atoms with van der Waals surface area (Å²) in [6, 6.07) is 0. The zero-order valence-electron chi connectivity index (χ0n) is 15.1. The fraction of sp³-hybridized carbons (Fsp3) is 0.875. The molecule has 2 N–H and O–H groups in total. The summed E-state index contributed by atoms with van der Waals surface area (Å²) in [4.78, 5) is 39.9. The number of carbonyl (C=O) groups excluding carboxylic acids is 2. The van der Waals surface area contributed by atoms with Gasteiger partial charge in [-0.25, -0.2) is 4.57 Å². The van der Waals surface area contributed by atoms with Crippen molar-refractivity contribution in [2.75, 3.05) is 13.2 Å².